The van der Waals surface area contributed by atoms with Crippen LogP contribution in [0.3, 0.4) is 0 Å². The molecule has 2 unspecified atom stereocenters. The van der Waals surface area contributed by atoms with Crippen LogP contribution in [0.1, 0.15) is 13.3 Å². The van der Waals surface area contributed by atoms with Crippen LogP contribution in [-0.2, 0) is 0 Å². The quantitative estimate of drug-likeness (QED) is 0.707. The average molecular weight is 196 g/mol. The van der Waals surface area contributed by atoms with Crippen molar-refractivity contribution in [1.82, 2.24) is 10.6 Å². The van der Waals surface area contributed by atoms with Crippen LogP contribution >= 0.6 is 0 Å². The molecular formula is C8H15F3N2. The van der Waals surface area contributed by atoms with E-state index in [1.807, 2.05) is 0 Å². The van der Waals surface area contributed by atoms with Crippen LogP contribution in [0.4, 0.5) is 13.2 Å². The average Bonchev–Trinajstić information content (AvgIpc) is 2.34. The summed E-state index contributed by atoms with van der Waals surface area (Å²) in [4.78, 5) is 0. The Bertz CT molecular complexity index is 158. The first kappa shape index (κ1) is 10.8. The summed E-state index contributed by atoms with van der Waals surface area (Å²) in [7, 11) is 0. The van der Waals surface area contributed by atoms with Crippen molar-refractivity contribution in [1.29, 1.82) is 0 Å². The Morgan fingerprint density at radius 1 is 1.46 bits per heavy atom. The SMILES string of the molecule is CC1CCNC1CNCC(F)(F)F. The Morgan fingerprint density at radius 3 is 2.62 bits per heavy atom. The van der Waals surface area contributed by atoms with E-state index in [1.165, 1.54) is 0 Å². The van der Waals surface area contributed by atoms with Gasteiger partial charge in [-0.05, 0) is 18.9 Å². The van der Waals surface area contributed by atoms with Gasteiger partial charge in [-0.15, -0.1) is 0 Å². The van der Waals surface area contributed by atoms with E-state index in [1.54, 1.807) is 0 Å². The van der Waals surface area contributed by atoms with E-state index in [0.29, 0.717) is 12.5 Å². The van der Waals surface area contributed by atoms with Gasteiger partial charge in [-0.2, -0.15) is 13.2 Å². The molecule has 1 fully saturated rings. The predicted molar refractivity (Wildman–Crippen MR) is 44.5 cm³/mol. The van der Waals surface area contributed by atoms with Gasteiger partial charge in [-0.1, -0.05) is 6.92 Å². The van der Waals surface area contributed by atoms with Crippen LogP contribution in [0.25, 0.3) is 0 Å². The lowest BCUT2D eigenvalue weighted by molar-refractivity contribution is -0.124. The first-order valence-electron chi connectivity index (χ1n) is 4.50. The summed E-state index contributed by atoms with van der Waals surface area (Å²) in [5.41, 5.74) is 0. The van der Waals surface area contributed by atoms with Crippen molar-refractivity contribution in [3.05, 3.63) is 0 Å². The summed E-state index contributed by atoms with van der Waals surface area (Å²) >= 11 is 0. The van der Waals surface area contributed by atoms with Gasteiger partial charge in [0.05, 0.1) is 6.54 Å². The minimum atomic E-state index is -4.10. The van der Waals surface area contributed by atoms with Gasteiger partial charge < -0.3 is 10.6 Å². The third kappa shape index (κ3) is 3.95. The van der Waals surface area contributed by atoms with Crippen LogP contribution in [0, 0.1) is 5.92 Å². The zero-order valence-corrected chi connectivity index (χ0v) is 7.62. The van der Waals surface area contributed by atoms with Crippen molar-refractivity contribution >= 4 is 0 Å². The molecule has 0 radical (unpaired) electrons. The molecule has 0 saturated carbocycles. The molecule has 0 bridgehead atoms. The zero-order valence-electron chi connectivity index (χ0n) is 7.62. The molecule has 5 heteroatoms. The van der Waals surface area contributed by atoms with Crippen molar-refractivity contribution in [2.75, 3.05) is 19.6 Å². The van der Waals surface area contributed by atoms with Crippen molar-refractivity contribution in [3.63, 3.8) is 0 Å². The summed E-state index contributed by atoms with van der Waals surface area (Å²) < 4.78 is 35.2. The largest absolute Gasteiger partial charge is 0.401 e. The van der Waals surface area contributed by atoms with Crippen LogP contribution in [0.2, 0.25) is 0 Å². The molecule has 78 valence electrons. The number of alkyl halides is 3. The highest BCUT2D eigenvalue weighted by atomic mass is 19.4. The molecule has 0 aromatic heterocycles. The number of hydrogen-bond donors (Lipinski definition) is 2. The minimum Gasteiger partial charge on any atom is -0.312 e. The molecule has 13 heavy (non-hydrogen) atoms. The van der Waals surface area contributed by atoms with Crippen molar-refractivity contribution in [3.8, 4) is 0 Å². The van der Waals surface area contributed by atoms with Crippen molar-refractivity contribution in [2.24, 2.45) is 5.92 Å². The van der Waals surface area contributed by atoms with Crippen LogP contribution in [-0.4, -0.2) is 31.9 Å². The van der Waals surface area contributed by atoms with Crippen molar-refractivity contribution in [2.45, 2.75) is 25.6 Å². The molecule has 0 amide bonds. The van der Waals surface area contributed by atoms with Gasteiger partial charge in [-0.3, -0.25) is 0 Å². The maximum Gasteiger partial charge on any atom is 0.401 e. The fraction of sp³-hybridized carbons (Fsp3) is 1.00. The number of hydrogen-bond acceptors (Lipinski definition) is 2. The highest BCUT2D eigenvalue weighted by Crippen LogP contribution is 2.15. The summed E-state index contributed by atoms with van der Waals surface area (Å²) in [6.45, 7) is 2.48. The maximum atomic E-state index is 11.7. The number of rotatable bonds is 3. The molecule has 1 aliphatic rings. The van der Waals surface area contributed by atoms with Gasteiger partial charge in [-0.25, -0.2) is 0 Å². The fourth-order valence-corrected chi connectivity index (χ4v) is 1.54. The molecule has 1 saturated heterocycles. The van der Waals surface area contributed by atoms with Gasteiger partial charge in [0.2, 0.25) is 0 Å². The maximum absolute atomic E-state index is 11.7. The van der Waals surface area contributed by atoms with E-state index in [-0.39, 0.29) is 6.04 Å². The van der Waals surface area contributed by atoms with Gasteiger partial charge in [0, 0.05) is 12.6 Å². The lowest BCUT2D eigenvalue weighted by Crippen LogP contribution is -2.40. The van der Waals surface area contributed by atoms with E-state index in [2.05, 4.69) is 17.6 Å². The lowest BCUT2D eigenvalue weighted by Gasteiger charge is -2.16. The third-order valence-corrected chi connectivity index (χ3v) is 2.38. The minimum absolute atomic E-state index is 0.197. The van der Waals surface area contributed by atoms with Gasteiger partial charge >= 0.3 is 6.18 Å². The second kappa shape index (κ2) is 4.28. The standard InChI is InChI=1S/C8H15F3N2/c1-6-2-3-13-7(6)4-12-5-8(9,10)11/h6-7,12-13H,2-5H2,1H3. The zero-order chi connectivity index (χ0) is 9.90. The topological polar surface area (TPSA) is 24.1 Å². The number of halogens is 3. The highest BCUT2D eigenvalue weighted by molar-refractivity contribution is 4.82. The molecule has 2 N–H and O–H groups in total. The van der Waals surface area contributed by atoms with Crippen LogP contribution in [0.15, 0.2) is 0 Å². The predicted octanol–water partition coefficient (Wildman–Crippen LogP) is 1.14. The molecule has 1 aliphatic heterocycles. The highest BCUT2D eigenvalue weighted by Gasteiger charge is 2.28. The Morgan fingerprint density at radius 2 is 2.15 bits per heavy atom. The second-order valence-corrected chi connectivity index (χ2v) is 3.57. The Hall–Kier alpha value is -0.290. The Kier molecular flexibility index (Phi) is 3.55. The molecule has 2 atom stereocenters. The first-order chi connectivity index (χ1) is 5.99. The van der Waals surface area contributed by atoms with E-state index in [9.17, 15) is 13.2 Å². The monoisotopic (exact) mass is 196 g/mol. The molecule has 2 nitrogen and oxygen atoms in total. The summed E-state index contributed by atoms with van der Waals surface area (Å²) in [6.07, 6.45) is -3.04. The third-order valence-electron chi connectivity index (χ3n) is 2.38. The Balaban J connectivity index is 2.12. The summed E-state index contributed by atoms with van der Waals surface area (Å²) in [5, 5.41) is 5.57. The Labute approximate surface area is 75.9 Å². The molecule has 0 aromatic rings. The normalized spacial score (nSPS) is 29.5. The molecule has 1 heterocycles. The molecule has 0 aromatic carbocycles. The smallest absolute Gasteiger partial charge is 0.312 e. The van der Waals surface area contributed by atoms with E-state index in [0.717, 1.165) is 13.0 Å². The van der Waals surface area contributed by atoms with Crippen LogP contribution in [0.5, 0.6) is 0 Å². The fourth-order valence-electron chi connectivity index (χ4n) is 1.54. The van der Waals surface area contributed by atoms with Crippen LogP contribution < -0.4 is 10.6 Å². The first-order valence-corrected chi connectivity index (χ1v) is 4.50. The van der Waals surface area contributed by atoms with E-state index >= 15 is 0 Å². The molecular weight excluding hydrogens is 181 g/mol. The summed E-state index contributed by atoms with van der Waals surface area (Å²) in [5.74, 6) is 0.473. The number of nitrogens with one attached hydrogen (secondary N) is 2. The van der Waals surface area contributed by atoms with E-state index < -0.39 is 12.7 Å². The van der Waals surface area contributed by atoms with E-state index in [4.69, 9.17) is 0 Å². The van der Waals surface area contributed by atoms with Gasteiger partial charge in [0.1, 0.15) is 0 Å². The molecule has 0 spiro atoms. The van der Waals surface area contributed by atoms with Gasteiger partial charge in [0.15, 0.2) is 0 Å². The second-order valence-electron chi connectivity index (χ2n) is 3.57. The molecule has 1 rings (SSSR count). The van der Waals surface area contributed by atoms with Crippen molar-refractivity contribution < 1.29 is 13.2 Å². The molecule has 0 aliphatic carbocycles. The summed E-state index contributed by atoms with van der Waals surface area (Å²) in [6, 6.07) is 0.197. The lowest BCUT2D eigenvalue weighted by atomic mass is 10.0. The van der Waals surface area contributed by atoms with Gasteiger partial charge in [0.25, 0.3) is 0 Å².